The molecule has 70 valence electrons. The predicted molar refractivity (Wildman–Crippen MR) is 43.1 cm³/mol. The van der Waals surface area contributed by atoms with Crippen molar-refractivity contribution in [2.45, 2.75) is 0 Å². The van der Waals surface area contributed by atoms with Crippen molar-refractivity contribution >= 4 is 5.91 Å². The number of hydrogen-bond donors (Lipinski definition) is 1. The zero-order valence-electron chi connectivity index (χ0n) is 7.06. The lowest BCUT2D eigenvalue weighted by molar-refractivity contribution is 0.0299. The number of nitrogens with zero attached hydrogens (tertiary/aromatic N) is 3. The summed E-state index contributed by atoms with van der Waals surface area (Å²) in [5, 5.41) is 9.72. The molecule has 1 aromatic rings. The van der Waals surface area contributed by atoms with Crippen molar-refractivity contribution in [2.24, 2.45) is 0 Å². The van der Waals surface area contributed by atoms with Crippen molar-refractivity contribution in [1.82, 2.24) is 20.3 Å². The highest BCUT2D eigenvalue weighted by Gasteiger charge is 2.19. The van der Waals surface area contributed by atoms with E-state index in [1.54, 1.807) is 4.90 Å². The lowest BCUT2D eigenvalue weighted by atomic mass is 10.3. The Morgan fingerprint density at radius 3 is 2.92 bits per heavy atom. The van der Waals surface area contributed by atoms with E-state index in [0.29, 0.717) is 32.0 Å². The highest BCUT2D eigenvalue weighted by Crippen LogP contribution is 2.02. The molecule has 1 saturated heterocycles. The van der Waals surface area contributed by atoms with Gasteiger partial charge in [0.1, 0.15) is 0 Å². The smallest absolute Gasteiger partial charge is 0.276 e. The number of rotatable bonds is 1. The molecular formula is C7H10N4O2. The predicted octanol–water partition coefficient (Wildman–Crippen LogP) is -0.723. The van der Waals surface area contributed by atoms with Gasteiger partial charge in [0.15, 0.2) is 5.69 Å². The average molecular weight is 182 g/mol. The van der Waals surface area contributed by atoms with Crippen molar-refractivity contribution in [3.05, 3.63) is 11.9 Å². The molecule has 1 aromatic heterocycles. The first-order chi connectivity index (χ1) is 6.38. The van der Waals surface area contributed by atoms with Crippen LogP contribution in [0.2, 0.25) is 0 Å². The molecule has 1 aliphatic heterocycles. The number of ether oxygens (including phenoxy) is 1. The van der Waals surface area contributed by atoms with Crippen LogP contribution >= 0.6 is 0 Å². The Morgan fingerprint density at radius 1 is 1.54 bits per heavy atom. The molecule has 0 aromatic carbocycles. The second-order valence-corrected chi connectivity index (χ2v) is 2.76. The Kier molecular flexibility index (Phi) is 2.22. The van der Waals surface area contributed by atoms with E-state index in [1.807, 2.05) is 0 Å². The van der Waals surface area contributed by atoms with Crippen LogP contribution in [0.5, 0.6) is 0 Å². The normalized spacial score (nSPS) is 17.4. The Morgan fingerprint density at radius 2 is 2.31 bits per heavy atom. The molecule has 0 bridgehead atoms. The van der Waals surface area contributed by atoms with Crippen LogP contribution in [0.4, 0.5) is 0 Å². The minimum Gasteiger partial charge on any atom is -0.378 e. The van der Waals surface area contributed by atoms with E-state index in [-0.39, 0.29) is 5.91 Å². The zero-order chi connectivity index (χ0) is 9.10. The summed E-state index contributed by atoms with van der Waals surface area (Å²) >= 11 is 0. The molecule has 13 heavy (non-hydrogen) atoms. The first-order valence-electron chi connectivity index (χ1n) is 4.11. The van der Waals surface area contributed by atoms with Crippen LogP contribution in [0.15, 0.2) is 6.20 Å². The van der Waals surface area contributed by atoms with E-state index >= 15 is 0 Å². The van der Waals surface area contributed by atoms with Gasteiger partial charge >= 0.3 is 0 Å². The summed E-state index contributed by atoms with van der Waals surface area (Å²) < 4.78 is 5.13. The molecule has 2 heterocycles. The number of aromatic amines is 1. The fraction of sp³-hybridized carbons (Fsp3) is 0.571. The second kappa shape index (κ2) is 3.53. The van der Waals surface area contributed by atoms with Gasteiger partial charge in [-0.3, -0.25) is 4.79 Å². The molecule has 1 fully saturated rings. The van der Waals surface area contributed by atoms with Crippen LogP contribution in [0.3, 0.4) is 0 Å². The molecule has 1 aliphatic rings. The summed E-state index contributed by atoms with van der Waals surface area (Å²) in [6, 6.07) is 0. The first-order valence-corrected chi connectivity index (χ1v) is 4.11. The van der Waals surface area contributed by atoms with E-state index in [4.69, 9.17) is 4.74 Å². The van der Waals surface area contributed by atoms with Gasteiger partial charge in [-0.25, -0.2) is 0 Å². The van der Waals surface area contributed by atoms with Crippen LogP contribution in [-0.2, 0) is 4.74 Å². The van der Waals surface area contributed by atoms with Crippen LogP contribution in [0, 0.1) is 0 Å². The van der Waals surface area contributed by atoms with Gasteiger partial charge in [0.2, 0.25) is 0 Å². The second-order valence-electron chi connectivity index (χ2n) is 2.76. The minimum absolute atomic E-state index is 0.0861. The summed E-state index contributed by atoms with van der Waals surface area (Å²) in [6.45, 7) is 2.46. The molecule has 0 spiro atoms. The number of morpholine rings is 1. The molecule has 1 N–H and O–H groups in total. The third-order valence-corrected chi connectivity index (χ3v) is 1.93. The number of amides is 1. The van der Waals surface area contributed by atoms with E-state index in [9.17, 15) is 4.79 Å². The zero-order valence-corrected chi connectivity index (χ0v) is 7.06. The van der Waals surface area contributed by atoms with Gasteiger partial charge in [0.05, 0.1) is 19.4 Å². The van der Waals surface area contributed by atoms with E-state index in [0.717, 1.165) is 0 Å². The molecule has 0 radical (unpaired) electrons. The minimum atomic E-state index is -0.0861. The van der Waals surface area contributed by atoms with Crippen LogP contribution in [-0.4, -0.2) is 52.5 Å². The maximum atomic E-state index is 11.6. The molecule has 0 saturated carbocycles. The molecule has 6 nitrogen and oxygen atoms in total. The fourth-order valence-electron chi connectivity index (χ4n) is 1.23. The molecule has 1 amide bonds. The monoisotopic (exact) mass is 182 g/mol. The first kappa shape index (κ1) is 8.18. The maximum Gasteiger partial charge on any atom is 0.276 e. The number of carbonyl (C=O) groups excluding carboxylic acids is 1. The maximum absolute atomic E-state index is 11.6. The third kappa shape index (κ3) is 1.67. The molecule has 6 heteroatoms. The molecular weight excluding hydrogens is 172 g/mol. The number of aromatic nitrogens is 3. The van der Waals surface area contributed by atoms with Gasteiger partial charge in [-0.05, 0) is 0 Å². The lowest BCUT2D eigenvalue weighted by Gasteiger charge is -2.25. The average Bonchev–Trinajstić information content (AvgIpc) is 2.71. The van der Waals surface area contributed by atoms with Crippen molar-refractivity contribution in [2.75, 3.05) is 26.3 Å². The van der Waals surface area contributed by atoms with Gasteiger partial charge in [-0.15, -0.1) is 0 Å². The molecule has 0 aliphatic carbocycles. The van der Waals surface area contributed by atoms with E-state index in [2.05, 4.69) is 15.4 Å². The standard InChI is InChI=1S/C7H10N4O2/c12-7(6-5-8-10-9-6)11-1-3-13-4-2-11/h5H,1-4H2,(H,8,9,10). The van der Waals surface area contributed by atoms with Gasteiger partial charge < -0.3 is 9.64 Å². The Hall–Kier alpha value is -1.43. The topological polar surface area (TPSA) is 71.1 Å². The molecule has 0 atom stereocenters. The highest BCUT2D eigenvalue weighted by molar-refractivity contribution is 5.91. The summed E-state index contributed by atoms with van der Waals surface area (Å²) in [7, 11) is 0. The highest BCUT2D eigenvalue weighted by atomic mass is 16.5. The number of hydrogen-bond acceptors (Lipinski definition) is 4. The number of carbonyl (C=O) groups is 1. The lowest BCUT2D eigenvalue weighted by Crippen LogP contribution is -2.40. The molecule has 2 rings (SSSR count). The van der Waals surface area contributed by atoms with Gasteiger partial charge in [-0.2, -0.15) is 15.4 Å². The van der Waals surface area contributed by atoms with Crippen molar-refractivity contribution < 1.29 is 9.53 Å². The van der Waals surface area contributed by atoms with Gasteiger partial charge in [-0.1, -0.05) is 0 Å². The summed E-state index contributed by atoms with van der Waals surface area (Å²) in [6.07, 6.45) is 1.43. The summed E-state index contributed by atoms with van der Waals surface area (Å²) in [4.78, 5) is 13.3. The number of nitrogens with one attached hydrogen (secondary N) is 1. The molecule has 0 unspecified atom stereocenters. The SMILES string of the molecule is O=C(c1cn[nH]n1)N1CCOCC1. The largest absolute Gasteiger partial charge is 0.378 e. The Bertz CT molecular complexity index is 279. The van der Waals surface area contributed by atoms with Gasteiger partial charge in [0.25, 0.3) is 5.91 Å². The summed E-state index contributed by atoms with van der Waals surface area (Å²) in [5.74, 6) is -0.0861. The van der Waals surface area contributed by atoms with E-state index in [1.165, 1.54) is 6.20 Å². The van der Waals surface area contributed by atoms with Gasteiger partial charge in [0, 0.05) is 13.1 Å². The Balaban J connectivity index is 2.04. The van der Waals surface area contributed by atoms with Crippen molar-refractivity contribution in [1.29, 1.82) is 0 Å². The number of H-pyrrole nitrogens is 1. The Labute approximate surface area is 74.9 Å². The summed E-state index contributed by atoms with van der Waals surface area (Å²) in [5.41, 5.74) is 0.363. The quantitative estimate of drug-likeness (QED) is 0.622. The van der Waals surface area contributed by atoms with Crippen molar-refractivity contribution in [3.63, 3.8) is 0 Å². The van der Waals surface area contributed by atoms with Crippen LogP contribution in [0.25, 0.3) is 0 Å². The fourth-order valence-corrected chi connectivity index (χ4v) is 1.23. The van der Waals surface area contributed by atoms with Crippen molar-refractivity contribution in [3.8, 4) is 0 Å². The van der Waals surface area contributed by atoms with E-state index < -0.39 is 0 Å². The van der Waals surface area contributed by atoms with Crippen LogP contribution in [0.1, 0.15) is 10.5 Å². The van der Waals surface area contributed by atoms with Crippen LogP contribution < -0.4 is 0 Å². The third-order valence-electron chi connectivity index (χ3n) is 1.93.